The van der Waals surface area contributed by atoms with Gasteiger partial charge in [0.2, 0.25) is 10.0 Å². The summed E-state index contributed by atoms with van der Waals surface area (Å²) in [7, 11) is -3.06. The molecule has 6 heteroatoms. The van der Waals surface area contributed by atoms with Crippen LogP contribution in [0.25, 0.3) is 0 Å². The van der Waals surface area contributed by atoms with E-state index in [4.69, 9.17) is 5.73 Å². The predicted molar refractivity (Wildman–Crippen MR) is 84.1 cm³/mol. The van der Waals surface area contributed by atoms with Crippen molar-refractivity contribution < 1.29 is 8.42 Å². The van der Waals surface area contributed by atoms with E-state index in [9.17, 15) is 8.42 Å². The van der Waals surface area contributed by atoms with E-state index in [1.807, 2.05) is 0 Å². The van der Waals surface area contributed by atoms with Crippen molar-refractivity contribution in [3.05, 3.63) is 0 Å². The van der Waals surface area contributed by atoms with Crippen LogP contribution >= 0.6 is 0 Å². The third-order valence-electron chi connectivity index (χ3n) is 4.11. The van der Waals surface area contributed by atoms with E-state index in [0.29, 0.717) is 31.6 Å². The van der Waals surface area contributed by atoms with Gasteiger partial charge < -0.3 is 5.73 Å². The van der Waals surface area contributed by atoms with E-state index in [-0.39, 0.29) is 5.75 Å². The first-order valence-corrected chi connectivity index (χ1v) is 9.43. The highest BCUT2D eigenvalue weighted by molar-refractivity contribution is 7.89. The lowest BCUT2D eigenvalue weighted by atomic mass is 10.1. The molecule has 20 heavy (non-hydrogen) atoms. The number of hydrogen-bond donors (Lipinski definition) is 1. The van der Waals surface area contributed by atoms with E-state index in [0.717, 1.165) is 32.4 Å². The molecule has 1 aliphatic heterocycles. The Morgan fingerprint density at radius 3 is 2.15 bits per heavy atom. The summed E-state index contributed by atoms with van der Waals surface area (Å²) >= 11 is 0. The smallest absolute Gasteiger partial charge is 0.214 e. The highest BCUT2D eigenvalue weighted by Crippen LogP contribution is 2.15. The Hall–Kier alpha value is -0.170. The Bertz CT molecular complexity index is 363. The van der Waals surface area contributed by atoms with Gasteiger partial charge in [-0.25, -0.2) is 8.42 Å². The molecule has 0 aliphatic carbocycles. The Kier molecular flexibility index (Phi) is 7.43. The Morgan fingerprint density at radius 1 is 1.10 bits per heavy atom. The van der Waals surface area contributed by atoms with Crippen LogP contribution in [0, 0.1) is 5.92 Å². The molecule has 0 aromatic heterocycles. The van der Waals surface area contributed by atoms with E-state index in [2.05, 4.69) is 25.7 Å². The summed E-state index contributed by atoms with van der Waals surface area (Å²) in [5.41, 5.74) is 5.64. The second kappa shape index (κ2) is 8.32. The van der Waals surface area contributed by atoms with Crippen molar-refractivity contribution in [1.82, 2.24) is 9.21 Å². The van der Waals surface area contributed by atoms with Crippen molar-refractivity contribution in [1.29, 1.82) is 0 Å². The highest BCUT2D eigenvalue weighted by atomic mass is 32.2. The van der Waals surface area contributed by atoms with E-state index in [1.165, 1.54) is 0 Å². The van der Waals surface area contributed by atoms with Crippen LogP contribution in [0.15, 0.2) is 0 Å². The number of rotatable bonds is 8. The van der Waals surface area contributed by atoms with Gasteiger partial charge in [0, 0.05) is 32.2 Å². The maximum Gasteiger partial charge on any atom is 0.214 e. The molecular weight excluding hydrogens is 274 g/mol. The number of piperazine rings is 1. The molecule has 0 bridgehead atoms. The molecule has 1 heterocycles. The van der Waals surface area contributed by atoms with Crippen LogP contribution in [0.2, 0.25) is 0 Å². The molecule has 5 nitrogen and oxygen atoms in total. The van der Waals surface area contributed by atoms with Crippen molar-refractivity contribution in [3.8, 4) is 0 Å². The van der Waals surface area contributed by atoms with Crippen LogP contribution < -0.4 is 5.73 Å². The first kappa shape index (κ1) is 17.9. The maximum absolute atomic E-state index is 12.2. The van der Waals surface area contributed by atoms with Gasteiger partial charge in [-0.1, -0.05) is 20.8 Å². The first-order valence-electron chi connectivity index (χ1n) is 7.82. The standard InChI is InChI=1S/C14H31N3O2S/c1-4-14(5-7-15)16-8-10-17(11-9-16)20(18,19)12-6-13(2)3/h13-14H,4-12,15H2,1-3H3. The Morgan fingerprint density at radius 2 is 1.70 bits per heavy atom. The monoisotopic (exact) mass is 305 g/mol. The molecule has 0 spiro atoms. The largest absolute Gasteiger partial charge is 0.330 e. The molecule has 1 rings (SSSR count). The highest BCUT2D eigenvalue weighted by Gasteiger charge is 2.28. The van der Waals surface area contributed by atoms with Crippen molar-refractivity contribution in [2.24, 2.45) is 11.7 Å². The zero-order chi connectivity index (χ0) is 15.2. The summed E-state index contributed by atoms with van der Waals surface area (Å²) in [6.45, 7) is 9.91. The molecule has 0 radical (unpaired) electrons. The number of nitrogens with two attached hydrogens (primary N) is 1. The van der Waals surface area contributed by atoms with Crippen LogP contribution in [-0.4, -0.2) is 62.1 Å². The summed E-state index contributed by atoms with van der Waals surface area (Å²) in [6, 6.07) is 0.500. The van der Waals surface area contributed by atoms with Gasteiger partial charge in [-0.15, -0.1) is 0 Å². The lowest BCUT2D eigenvalue weighted by Gasteiger charge is -2.38. The SMILES string of the molecule is CCC(CCN)N1CCN(S(=O)(=O)CCC(C)C)CC1. The fraction of sp³-hybridized carbons (Fsp3) is 1.00. The van der Waals surface area contributed by atoms with Gasteiger partial charge >= 0.3 is 0 Å². The van der Waals surface area contributed by atoms with Gasteiger partial charge in [0.25, 0.3) is 0 Å². The molecule has 1 aliphatic rings. The zero-order valence-electron chi connectivity index (χ0n) is 13.2. The van der Waals surface area contributed by atoms with Crippen LogP contribution in [0.4, 0.5) is 0 Å². The molecular formula is C14H31N3O2S. The Labute approximate surface area is 124 Å². The number of sulfonamides is 1. The molecule has 0 aromatic rings. The first-order chi connectivity index (χ1) is 9.40. The van der Waals surface area contributed by atoms with Crippen LogP contribution in [-0.2, 0) is 10.0 Å². The van der Waals surface area contributed by atoms with Gasteiger partial charge in [-0.05, 0) is 31.7 Å². The maximum atomic E-state index is 12.2. The molecule has 0 aromatic carbocycles. The lowest BCUT2D eigenvalue weighted by molar-refractivity contribution is 0.129. The van der Waals surface area contributed by atoms with E-state index >= 15 is 0 Å². The average Bonchev–Trinajstić information content (AvgIpc) is 2.43. The molecule has 0 saturated carbocycles. The third kappa shape index (κ3) is 5.31. The van der Waals surface area contributed by atoms with Gasteiger partial charge in [-0.2, -0.15) is 4.31 Å². The van der Waals surface area contributed by atoms with Crippen LogP contribution in [0.5, 0.6) is 0 Å². The quantitative estimate of drug-likeness (QED) is 0.729. The fourth-order valence-corrected chi connectivity index (χ4v) is 4.45. The van der Waals surface area contributed by atoms with E-state index < -0.39 is 10.0 Å². The number of hydrogen-bond acceptors (Lipinski definition) is 4. The normalized spacial score (nSPS) is 20.4. The second-order valence-electron chi connectivity index (χ2n) is 6.07. The number of nitrogens with zero attached hydrogens (tertiary/aromatic N) is 2. The summed E-state index contributed by atoms with van der Waals surface area (Å²) in [5, 5.41) is 0. The lowest BCUT2D eigenvalue weighted by Crippen LogP contribution is -2.52. The minimum absolute atomic E-state index is 0.282. The minimum Gasteiger partial charge on any atom is -0.330 e. The fourth-order valence-electron chi connectivity index (χ4n) is 2.70. The second-order valence-corrected chi connectivity index (χ2v) is 8.16. The van der Waals surface area contributed by atoms with Crippen molar-refractivity contribution >= 4 is 10.0 Å². The summed E-state index contributed by atoms with van der Waals surface area (Å²) in [4.78, 5) is 2.39. The van der Waals surface area contributed by atoms with Crippen LogP contribution in [0.1, 0.15) is 40.0 Å². The van der Waals surface area contributed by atoms with Gasteiger partial charge in [-0.3, -0.25) is 4.90 Å². The van der Waals surface area contributed by atoms with Gasteiger partial charge in [0.05, 0.1) is 5.75 Å². The summed E-state index contributed by atoms with van der Waals surface area (Å²) in [6.07, 6.45) is 2.82. The van der Waals surface area contributed by atoms with Gasteiger partial charge in [0.15, 0.2) is 0 Å². The van der Waals surface area contributed by atoms with Gasteiger partial charge in [0.1, 0.15) is 0 Å². The van der Waals surface area contributed by atoms with Crippen molar-refractivity contribution in [2.75, 3.05) is 38.5 Å². The van der Waals surface area contributed by atoms with Crippen molar-refractivity contribution in [2.45, 2.75) is 46.1 Å². The van der Waals surface area contributed by atoms with Crippen molar-refractivity contribution in [3.63, 3.8) is 0 Å². The molecule has 120 valence electrons. The Balaban J connectivity index is 2.48. The minimum atomic E-state index is -3.06. The molecule has 2 N–H and O–H groups in total. The van der Waals surface area contributed by atoms with Crippen LogP contribution in [0.3, 0.4) is 0 Å². The molecule has 1 atom stereocenters. The van der Waals surface area contributed by atoms with E-state index in [1.54, 1.807) is 4.31 Å². The molecule has 1 fully saturated rings. The topological polar surface area (TPSA) is 66.6 Å². The summed E-state index contributed by atoms with van der Waals surface area (Å²) in [5.74, 6) is 0.713. The predicted octanol–water partition coefficient (Wildman–Crippen LogP) is 1.11. The average molecular weight is 305 g/mol. The third-order valence-corrected chi connectivity index (χ3v) is 6.01. The zero-order valence-corrected chi connectivity index (χ0v) is 14.0. The molecule has 1 unspecified atom stereocenters. The molecule has 1 saturated heterocycles. The summed E-state index contributed by atoms with van der Waals surface area (Å²) < 4.78 is 26.2. The molecule has 0 amide bonds.